The number of likely N-dealkylation sites (tertiary alicyclic amines) is 1. The van der Waals surface area contributed by atoms with E-state index in [2.05, 4.69) is 6.07 Å². The molecule has 0 radical (unpaired) electrons. The Bertz CT molecular complexity index is 899. The van der Waals surface area contributed by atoms with Crippen molar-refractivity contribution in [3.63, 3.8) is 0 Å². The van der Waals surface area contributed by atoms with Crippen LogP contribution < -0.4 is 4.90 Å². The van der Waals surface area contributed by atoms with Crippen molar-refractivity contribution >= 4 is 29.4 Å². The average Bonchev–Trinajstić information content (AvgIpc) is 3.15. The summed E-state index contributed by atoms with van der Waals surface area (Å²) in [6, 6.07) is 5.36. The van der Waals surface area contributed by atoms with Crippen LogP contribution in [0.3, 0.4) is 0 Å². The van der Waals surface area contributed by atoms with Crippen LogP contribution in [0.1, 0.15) is 50.2 Å². The molecule has 4 atom stereocenters. The van der Waals surface area contributed by atoms with E-state index in [1.54, 1.807) is 11.8 Å². The minimum Gasteiger partial charge on any atom is -0.353 e. The first-order valence-electron chi connectivity index (χ1n) is 10.4. The molecule has 2 saturated heterocycles. The van der Waals surface area contributed by atoms with Gasteiger partial charge in [0.1, 0.15) is 6.04 Å². The standard InChI is InChI=1S/C23H26N2O3/c1-13-8-10-17-15(12-13)9-11-18-19-20(21(14(2)26)25(17)18)23(28)24(22(19)27)16-6-4-3-5-7-16/h8-12,16,18-21H,3-7H2,1-2H3/t18-,19-,20+,21-/m1/s1. The third-order valence-electron chi connectivity index (χ3n) is 7.05. The molecule has 5 heteroatoms. The SMILES string of the molecule is CC(=O)[C@@H]1[C@H]2C(=O)N(C3CCCCC3)C(=O)[C@@H]2[C@H]2C=Cc3cc(C)ccc3N21. The third-order valence-corrected chi connectivity index (χ3v) is 7.05. The number of Topliss-reactive ketones (excluding diaryl/α,β-unsaturated/α-hetero) is 1. The normalized spacial score (nSPS) is 31.8. The second kappa shape index (κ2) is 6.29. The number of amides is 2. The topological polar surface area (TPSA) is 57.7 Å². The largest absolute Gasteiger partial charge is 0.353 e. The van der Waals surface area contributed by atoms with E-state index in [-0.39, 0.29) is 29.7 Å². The van der Waals surface area contributed by atoms with E-state index in [1.165, 1.54) is 6.42 Å². The van der Waals surface area contributed by atoms with Gasteiger partial charge in [-0.1, -0.05) is 43.0 Å². The van der Waals surface area contributed by atoms with E-state index in [9.17, 15) is 14.4 Å². The van der Waals surface area contributed by atoms with Crippen molar-refractivity contribution in [3.05, 3.63) is 35.4 Å². The molecule has 0 aromatic heterocycles. The lowest BCUT2D eigenvalue weighted by atomic mass is 9.88. The lowest BCUT2D eigenvalue weighted by molar-refractivity contribution is -0.144. The van der Waals surface area contributed by atoms with Crippen LogP contribution in [-0.4, -0.2) is 40.6 Å². The van der Waals surface area contributed by atoms with Gasteiger partial charge in [-0.15, -0.1) is 0 Å². The summed E-state index contributed by atoms with van der Waals surface area (Å²) in [4.78, 5) is 43.1. The zero-order valence-corrected chi connectivity index (χ0v) is 16.4. The van der Waals surface area contributed by atoms with Gasteiger partial charge in [-0.25, -0.2) is 0 Å². The molecule has 1 aromatic carbocycles. The molecule has 1 aromatic rings. The number of nitrogens with zero attached hydrogens (tertiary/aromatic N) is 2. The summed E-state index contributed by atoms with van der Waals surface area (Å²) in [5.74, 6) is -1.24. The molecular formula is C23H26N2O3. The van der Waals surface area contributed by atoms with Crippen LogP contribution >= 0.6 is 0 Å². The number of hydrogen-bond donors (Lipinski definition) is 0. The quantitative estimate of drug-likeness (QED) is 0.742. The van der Waals surface area contributed by atoms with Gasteiger partial charge in [0.15, 0.2) is 5.78 Å². The molecule has 1 aliphatic carbocycles. The number of carbonyl (C=O) groups excluding carboxylic acids is 3. The molecule has 5 rings (SSSR count). The molecule has 2 amide bonds. The summed E-state index contributed by atoms with van der Waals surface area (Å²) >= 11 is 0. The van der Waals surface area contributed by atoms with Crippen LogP contribution in [0.15, 0.2) is 24.3 Å². The highest BCUT2D eigenvalue weighted by molar-refractivity contribution is 6.11. The van der Waals surface area contributed by atoms with E-state index >= 15 is 0 Å². The van der Waals surface area contributed by atoms with E-state index < -0.39 is 17.9 Å². The van der Waals surface area contributed by atoms with E-state index in [0.717, 1.165) is 42.5 Å². The summed E-state index contributed by atoms with van der Waals surface area (Å²) < 4.78 is 0. The fourth-order valence-corrected chi connectivity index (χ4v) is 5.87. The fourth-order valence-electron chi connectivity index (χ4n) is 5.87. The first kappa shape index (κ1) is 17.7. The molecule has 4 aliphatic rings. The van der Waals surface area contributed by atoms with Crippen molar-refractivity contribution in [2.75, 3.05) is 4.90 Å². The van der Waals surface area contributed by atoms with Crippen molar-refractivity contribution in [2.24, 2.45) is 11.8 Å². The number of ketones is 1. The minimum atomic E-state index is -0.563. The molecule has 0 N–H and O–H groups in total. The maximum atomic E-state index is 13.4. The molecule has 0 unspecified atom stereocenters. The Labute approximate surface area is 165 Å². The molecule has 0 bridgehead atoms. The maximum absolute atomic E-state index is 13.4. The first-order valence-corrected chi connectivity index (χ1v) is 10.4. The van der Waals surface area contributed by atoms with Gasteiger partial charge >= 0.3 is 0 Å². The Kier molecular flexibility index (Phi) is 3.97. The predicted octanol–water partition coefficient (Wildman–Crippen LogP) is 3.10. The highest BCUT2D eigenvalue weighted by atomic mass is 16.2. The first-order chi connectivity index (χ1) is 13.5. The summed E-state index contributed by atoms with van der Waals surface area (Å²) in [7, 11) is 0. The fraction of sp³-hybridized carbons (Fsp3) is 0.522. The maximum Gasteiger partial charge on any atom is 0.236 e. The van der Waals surface area contributed by atoms with Crippen LogP contribution in [0, 0.1) is 18.8 Å². The monoisotopic (exact) mass is 378 g/mol. The van der Waals surface area contributed by atoms with Crippen molar-refractivity contribution < 1.29 is 14.4 Å². The van der Waals surface area contributed by atoms with E-state index in [1.807, 2.05) is 36.1 Å². The number of rotatable bonds is 2. The van der Waals surface area contributed by atoms with Crippen LogP contribution in [0.2, 0.25) is 0 Å². The van der Waals surface area contributed by atoms with Crippen LogP contribution in [-0.2, 0) is 14.4 Å². The number of hydrogen-bond acceptors (Lipinski definition) is 4. The third kappa shape index (κ3) is 2.34. The molecule has 3 aliphatic heterocycles. The molecule has 28 heavy (non-hydrogen) atoms. The number of aryl methyl sites for hydroxylation is 1. The molecular weight excluding hydrogens is 352 g/mol. The molecule has 0 spiro atoms. The van der Waals surface area contributed by atoms with Crippen LogP contribution in [0.25, 0.3) is 6.08 Å². The molecule has 5 nitrogen and oxygen atoms in total. The number of fused-ring (bicyclic) bond motifs is 5. The number of carbonyl (C=O) groups is 3. The molecule has 3 heterocycles. The Morgan fingerprint density at radius 1 is 1.04 bits per heavy atom. The van der Waals surface area contributed by atoms with E-state index in [4.69, 9.17) is 0 Å². The zero-order chi connectivity index (χ0) is 19.6. The predicted molar refractivity (Wildman–Crippen MR) is 107 cm³/mol. The van der Waals surface area contributed by atoms with Gasteiger partial charge in [0.05, 0.1) is 17.9 Å². The zero-order valence-electron chi connectivity index (χ0n) is 16.4. The van der Waals surface area contributed by atoms with Crippen LogP contribution in [0.4, 0.5) is 5.69 Å². The Morgan fingerprint density at radius 3 is 2.46 bits per heavy atom. The summed E-state index contributed by atoms with van der Waals surface area (Å²) in [6.45, 7) is 3.59. The van der Waals surface area contributed by atoms with E-state index in [0.29, 0.717) is 0 Å². The van der Waals surface area contributed by atoms with Crippen molar-refractivity contribution in [1.82, 2.24) is 4.90 Å². The van der Waals surface area contributed by atoms with Gasteiger partial charge in [-0.3, -0.25) is 19.3 Å². The smallest absolute Gasteiger partial charge is 0.236 e. The lowest BCUT2D eigenvalue weighted by Gasteiger charge is -2.37. The number of anilines is 1. The van der Waals surface area contributed by atoms with Crippen molar-refractivity contribution in [3.8, 4) is 0 Å². The average molecular weight is 378 g/mol. The summed E-state index contributed by atoms with van der Waals surface area (Å²) in [6.07, 6.45) is 9.17. The van der Waals surface area contributed by atoms with Gasteiger partial charge in [-0.05, 0) is 44.4 Å². The van der Waals surface area contributed by atoms with Crippen LogP contribution in [0.5, 0.6) is 0 Å². The second-order valence-electron chi connectivity index (χ2n) is 8.76. The highest BCUT2D eigenvalue weighted by Gasteiger charge is 2.64. The minimum absolute atomic E-state index is 0.0166. The summed E-state index contributed by atoms with van der Waals surface area (Å²) in [5, 5.41) is 0. The summed E-state index contributed by atoms with van der Waals surface area (Å²) in [5.41, 5.74) is 3.15. The van der Waals surface area contributed by atoms with Gasteiger partial charge in [0, 0.05) is 11.7 Å². The molecule has 146 valence electrons. The van der Waals surface area contributed by atoms with Crippen molar-refractivity contribution in [2.45, 2.75) is 64.1 Å². The Morgan fingerprint density at radius 2 is 1.75 bits per heavy atom. The van der Waals surface area contributed by atoms with Gasteiger partial charge in [-0.2, -0.15) is 0 Å². The second-order valence-corrected chi connectivity index (χ2v) is 8.76. The Balaban J connectivity index is 1.57. The van der Waals surface area contributed by atoms with Gasteiger partial charge in [0.2, 0.25) is 11.8 Å². The van der Waals surface area contributed by atoms with Crippen molar-refractivity contribution in [1.29, 1.82) is 0 Å². The molecule has 3 fully saturated rings. The Hall–Kier alpha value is -2.43. The lowest BCUT2D eigenvalue weighted by Crippen LogP contribution is -2.50. The molecule has 1 saturated carbocycles. The number of benzene rings is 1. The number of imide groups is 1. The van der Waals surface area contributed by atoms with Gasteiger partial charge in [0.25, 0.3) is 0 Å². The van der Waals surface area contributed by atoms with Gasteiger partial charge < -0.3 is 4.90 Å². The highest BCUT2D eigenvalue weighted by Crippen LogP contribution is 2.49.